The lowest BCUT2D eigenvalue weighted by molar-refractivity contribution is -0.173. The summed E-state index contributed by atoms with van der Waals surface area (Å²) >= 11 is 0. The third-order valence-corrected chi connectivity index (χ3v) is 9.15. The fourth-order valence-corrected chi connectivity index (χ4v) is 3.43. The first kappa shape index (κ1) is 64.9. The molecule has 298 valence electrons. The number of hydrogen-bond donors (Lipinski definition) is 0. The monoisotopic (exact) mass is 695 g/mol. The Morgan fingerprint density at radius 2 is 0.792 bits per heavy atom. The van der Waals surface area contributed by atoms with Crippen LogP contribution in [0.5, 0.6) is 0 Å². The summed E-state index contributed by atoms with van der Waals surface area (Å²) in [5, 5.41) is 0. The Balaban J connectivity index is -0.0000000792. The molecule has 0 aromatic carbocycles. The highest BCUT2D eigenvalue weighted by atomic mass is 16.6. The van der Waals surface area contributed by atoms with Gasteiger partial charge in [-0.2, -0.15) is 0 Å². The van der Waals surface area contributed by atoms with Crippen LogP contribution >= 0.6 is 0 Å². The smallest absolute Gasteiger partial charge is 0.312 e. The zero-order chi connectivity index (χ0) is 34.0. The van der Waals surface area contributed by atoms with Gasteiger partial charge in [-0.25, -0.2) is 0 Å². The number of rotatable bonds is 10. The van der Waals surface area contributed by atoms with Gasteiger partial charge in [-0.15, -0.1) is 0 Å². The van der Waals surface area contributed by atoms with Gasteiger partial charge in [0.15, 0.2) is 0 Å². The first-order valence-corrected chi connectivity index (χ1v) is 16.3. The van der Waals surface area contributed by atoms with Crippen molar-refractivity contribution in [3.8, 4) is 0 Å². The lowest BCUT2D eigenvalue weighted by Crippen LogP contribution is -2.39. The fraction of sp³-hybridized carbons (Fsp3) is 0.929. The Labute approximate surface area is 305 Å². The van der Waals surface area contributed by atoms with E-state index in [4.69, 9.17) is 14.2 Å². The van der Waals surface area contributed by atoms with Crippen molar-refractivity contribution in [1.82, 2.24) is 0 Å². The molecular formula is C42H94O6. The van der Waals surface area contributed by atoms with E-state index in [0.29, 0.717) is 11.8 Å². The Hall–Kier alpha value is -1.59. The lowest BCUT2D eigenvalue weighted by Gasteiger charge is -2.34. The second-order valence-corrected chi connectivity index (χ2v) is 16.3. The second-order valence-electron chi connectivity index (χ2n) is 16.3. The zero-order valence-corrected chi connectivity index (χ0v) is 31.1. The molecule has 0 N–H and O–H groups in total. The molecule has 1 fully saturated rings. The summed E-state index contributed by atoms with van der Waals surface area (Å²) in [7, 11) is 0. The third kappa shape index (κ3) is 23.7. The van der Waals surface area contributed by atoms with Crippen LogP contribution in [0.3, 0.4) is 0 Å². The van der Waals surface area contributed by atoms with Crippen molar-refractivity contribution in [3.63, 3.8) is 0 Å². The van der Waals surface area contributed by atoms with Gasteiger partial charge < -0.3 is 14.2 Å². The highest BCUT2D eigenvalue weighted by Gasteiger charge is 2.39. The van der Waals surface area contributed by atoms with Crippen LogP contribution in [0, 0.1) is 28.1 Å². The predicted molar refractivity (Wildman–Crippen MR) is 216 cm³/mol. The van der Waals surface area contributed by atoms with Crippen LogP contribution in [0.25, 0.3) is 0 Å². The number of carbonyl (C=O) groups excluding carboxylic acids is 3. The minimum Gasteiger partial charge on any atom is -0.460 e. The van der Waals surface area contributed by atoms with Crippen LogP contribution in [-0.2, 0) is 28.6 Å². The van der Waals surface area contributed by atoms with Gasteiger partial charge in [-0.05, 0) is 134 Å². The quantitative estimate of drug-likeness (QED) is 0.167. The maximum atomic E-state index is 12.0. The first-order valence-electron chi connectivity index (χ1n) is 16.3. The molecule has 0 radical (unpaired) electrons. The van der Waals surface area contributed by atoms with E-state index in [1.807, 2.05) is 96.9 Å². The summed E-state index contributed by atoms with van der Waals surface area (Å²) in [4.78, 5) is 35.3. The SMILES string of the molecule is C.C.C.C.C.C.CCC(C)(C)C(=O)OC(C)(C)C.CCC(C)(C)C(=O)OC(C)(C)C(C)C.CCC(C)(C)C(=O)OC(C)(C)C1CCCC1. The van der Waals surface area contributed by atoms with Crippen molar-refractivity contribution in [1.29, 1.82) is 0 Å². The van der Waals surface area contributed by atoms with E-state index in [1.165, 1.54) is 25.7 Å². The van der Waals surface area contributed by atoms with Crippen LogP contribution in [0.2, 0.25) is 0 Å². The van der Waals surface area contributed by atoms with Gasteiger partial charge in [-0.1, -0.05) is 92.0 Å². The Bertz CT molecular complexity index is 835. The van der Waals surface area contributed by atoms with Crippen molar-refractivity contribution >= 4 is 17.9 Å². The molecule has 0 spiro atoms. The fourth-order valence-electron chi connectivity index (χ4n) is 3.43. The minimum atomic E-state index is -0.372. The van der Waals surface area contributed by atoms with Gasteiger partial charge >= 0.3 is 17.9 Å². The number of esters is 3. The van der Waals surface area contributed by atoms with Gasteiger partial charge in [-0.3, -0.25) is 14.4 Å². The maximum Gasteiger partial charge on any atom is 0.312 e. The van der Waals surface area contributed by atoms with Crippen molar-refractivity contribution in [2.45, 2.75) is 231 Å². The van der Waals surface area contributed by atoms with Crippen molar-refractivity contribution in [3.05, 3.63) is 0 Å². The zero-order valence-electron chi connectivity index (χ0n) is 31.1. The molecule has 1 aliphatic rings. The standard InChI is InChI=1S/C14H26O2.C12H24O2.C10H20O2.6CH4/c1-6-13(2,3)12(15)16-14(4,5)11-9-7-8-10-11;1-8-11(4,5)10(13)14-12(6,7)9(2)3;1-7-10(5,6)8(11)12-9(2,3)4;;;;;;/h11H,6-10H2,1-5H3;9H,8H2,1-7H3;7H2,1-6H3;6*1H4. The number of ether oxygens (including phenoxy) is 3. The van der Waals surface area contributed by atoms with Crippen LogP contribution < -0.4 is 0 Å². The summed E-state index contributed by atoms with van der Waals surface area (Å²) in [5.74, 6) is 0.617. The Morgan fingerprint density at radius 3 is 1.04 bits per heavy atom. The molecule has 0 unspecified atom stereocenters. The lowest BCUT2D eigenvalue weighted by atomic mass is 9.87. The van der Waals surface area contributed by atoms with E-state index in [-0.39, 0.29) is 95.5 Å². The van der Waals surface area contributed by atoms with Crippen LogP contribution in [0.1, 0.15) is 214 Å². The Morgan fingerprint density at radius 1 is 0.521 bits per heavy atom. The molecule has 6 heteroatoms. The largest absolute Gasteiger partial charge is 0.460 e. The van der Waals surface area contributed by atoms with Crippen molar-refractivity contribution in [2.24, 2.45) is 28.1 Å². The van der Waals surface area contributed by atoms with E-state index in [1.54, 1.807) is 0 Å². The second kappa shape index (κ2) is 25.4. The van der Waals surface area contributed by atoms with E-state index in [0.717, 1.165) is 19.3 Å². The molecule has 0 aromatic heterocycles. The minimum absolute atomic E-state index is 0. The summed E-state index contributed by atoms with van der Waals surface area (Å²) in [5.41, 5.74) is -2.11. The summed E-state index contributed by atoms with van der Waals surface area (Å²) in [6.45, 7) is 35.4. The molecular weight excluding hydrogens is 600 g/mol. The number of hydrogen-bond acceptors (Lipinski definition) is 6. The van der Waals surface area contributed by atoms with Crippen LogP contribution in [0.4, 0.5) is 0 Å². The average molecular weight is 695 g/mol. The van der Waals surface area contributed by atoms with Crippen molar-refractivity contribution < 1.29 is 28.6 Å². The van der Waals surface area contributed by atoms with Gasteiger partial charge in [0, 0.05) is 0 Å². The summed E-state index contributed by atoms with van der Waals surface area (Å²) < 4.78 is 16.5. The normalized spacial score (nSPS) is 13.3. The molecule has 0 aliphatic heterocycles. The first-order chi connectivity index (χ1) is 18.6. The average Bonchev–Trinajstić information content (AvgIpc) is 3.39. The van der Waals surface area contributed by atoms with E-state index < -0.39 is 0 Å². The molecule has 0 amide bonds. The highest BCUT2D eigenvalue weighted by Crippen LogP contribution is 2.38. The molecule has 0 atom stereocenters. The molecule has 0 saturated heterocycles. The maximum absolute atomic E-state index is 12.0. The van der Waals surface area contributed by atoms with Gasteiger partial charge in [0.05, 0.1) is 16.2 Å². The van der Waals surface area contributed by atoms with Crippen molar-refractivity contribution in [2.75, 3.05) is 0 Å². The van der Waals surface area contributed by atoms with E-state index >= 15 is 0 Å². The predicted octanol–water partition coefficient (Wildman–Crippen LogP) is 13.9. The molecule has 0 aromatic rings. The summed E-state index contributed by atoms with van der Waals surface area (Å²) in [6, 6.07) is 0. The van der Waals surface area contributed by atoms with Gasteiger partial charge in [0.2, 0.25) is 0 Å². The Kier molecular flexibility index (Phi) is 34.3. The van der Waals surface area contributed by atoms with E-state index in [2.05, 4.69) is 27.7 Å². The molecule has 0 heterocycles. The van der Waals surface area contributed by atoms with Crippen LogP contribution in [0.15, 0.2) is 0 Å². The van der Waals surface area contributed by atoms with E-state index in [9.17, 15) is 14.4 Å². The molecule has 1 rings (SSSR count). The third-order valence-electron chi connectivity index (χ3n) is 9.15. The molecule has 0 bridgehead atoms. The molecule has 1 saturated carbocycles. The topological polar surface area (TPSA) is 78.9 Å². The van der Waals surface area contributed by atoms with Gasteiger partial charge in [0.1, 0.15) is 16.8 Å². The molecule has 48 heavy (non-hydrogen) atoms. The highest BCUT2D eigenvalue weighted by molar-refractivity contribution is 5.77. The molecule has 1 aliphatic carbocycles. The number of carbonyl (C=O) groups is 3. The van der Waals surface area contributed by atoms with Gasteiger partial charge in [0.25, 0.3) is 0 Å². The summed E-state index contributed by atoms with van der Waals surface area (Å²) in [6.07, 6.45) is 7.40. The van der Waals surface area contributed by atoms with Crippen LogP contribution in [-0.4, -0.2) is 34.7 Å². The molecule has 6 nitrogen and oxygen atoms in total.